The van der Waals surface area contributed by atoms with E-state index in [1.165, 1.54) is 19.1 Å². The molecule has 1 rings (SSSR count). The summed E-state index contributed by atoms with van der Waals surface area (Å²) >= 11 is 0. The molecule has 0 aromatic heterocycles. The molecule has 0 amide bonds. The van der Waals surface area contributed by atoms with Crippen LogP contribution in [0.5, 0.6) is 5.75 Å². The molecule has 0 saturated carbocycles. The summed E-state index contributed by atoms with van der Waals surface area (Å²) in [6.45, 7) is 8.57. The number of carboxylic acids is 3. The number of phenols is 1. The zero-order chi connectivity index (χ0) is 25.9. The molecule has 0 saturated heterocycles. The SMILES string of the molecule is CCN(CC)C(C)OC(=O)c1cccc(C(C)=O)c1O.O=C(O)CC(O)(CC(=O)O)C(=O)O. The first kappa shape index (κ1) is 29.5. The van der Waals surface area contributed by atoms with E-state index in [4.69, 9.17) is 25.2 Å². The summed E-state index contributed by atoms with van der Waals surface area (Å²) in [6, 6.07) is 4.47. The standard InChI is InChI=1S/C15H21NO4.C6H8O7/c1-5-16(6-2)11(4)20-15(19)13-9-7-8-12(10(3)17)14(13)18;7-3(8)1-6(13,5(11)12)2-4(9)10/h7-9,11,18H,5-6H2,1-4H3;13H,1-2H2,(H,7,8)(H,9,10)(H,11,12). The van der Waals surface area contributed by atoms with Gasteiger partial charge in [-0.25, -0.2) is 9.59 Å². The molecule has 5 N–H and O–H groups in total. The van der Waals surface area contributed by atoms with Gasteiger partial charge in [-0.15, -0.1) is 0 Å². The number of aromatic hydroxyl groups is 1. The molecule has 1 aromatic carbocycles. The molecular weight excluding hydrogens is 442 g/mol. The summed E-state index contributed by atoms with van der Waals surface area (Å²) < 4.78 is 5.31. The molecule has 0 aliphatic carbocycles. The van der Waals surface area contributed by atoms with Crippen molar-refractivity contribution in [2.24, 2.45) is 0 Å². The maximum atomic E-state index is 12.1. The molecule has 184 valence electrons. The molecule has 12 heteroatoms. The quantitative estimate of drug-likeness (QED) is 0.176. The van der Waals surface area contributed by atoms with Crippen molar-refractivity contribution in [3.8, 4) is 5.75 Å². The second kappa shape index (κ2) is 13.1. The first-order valence-corrected chi connectivity index (χ1v) is 9.87. The first-order valence-electron chi connectivity index (χ1n) is 9.87. The zero-order valence-corrected chi connectivity index (χ0v) is 18.8. The number of phenolic OH excluding ortho intramolecular Hbond substituents is 1. The first-order chi connectivity index (χ1) is 15.2. The lowest BCUT2D eigenvalue weighted by Gasteiger charge is -2.26. The molecule has 12 nitrogen and oxygen atoms in total. The summed E-state index contributed by atoms with van der Waals surface area (Å²) in [5.41, 5.74) is -2.61. The normalized spacial score (nSPS) is 11.7. The second-order valence-electron chi connectivity index (χ2n) is 6.96. The number of ether oxygens (including phenoxy) is 1. The number of carbonyl (C=O) groups is 5. The minimum absolute atomic E-state index is 0.0108. The molecule has 0 fully saturated rings. The smallest absolute Gasteiger partial charge is 0.343 e. The van der Waals surface area contributed by atoms with Crippen molar-refractivity contribution in [1.82, 2.24) is 4.90 Å². The Bertz CT molecular complexity index is 861. The van der Waals surface area contributed by atoms with Gasteiger partial charge in [0.05, 0.1) is 18.4 Å². The fraction of sp³-hybridized carbons (Fsp3) is 0.476. The topological polar surface area (TPSA) is 199 Å². The fourth-order valence-corrected chi connectivity index (χ4v) is 2.74. The number of para-hydroxylation sites is 1. The Balaban J connectivity index is 0.000000684. The number of rotatable bonds is 11. The highest BCUT2D eigenvalue weighted by Gasteiger charge is 2.40. The molecule has 0 spiro atoms. The van der Waals surface area contributed by atoms with Gasteiger partial charge in [-0.1, -0.05) is 19.9 Å². The summed E-state index contributed by atoms with van der Waals surface area (Å²) in [6.07, 6.45) is -2.68. The van der Waals surface area contributed by atoms with Gasteiger partial charge in [0.25, 0.3) is 0 Å². The van der Waals surface area contributed by atoms with Crippen LogP contribution in [0.3, 0.4) is 0 Å². The molecule has 1 unspecified atom stereocenters. The monoisotopic (exact) mass is 471 g/mol. The number of carboxylic acid groups (broad SMARTS) is 3. The highest BCUT2D eigenvalue weighted by atomic mass is 16.6. The van der Waals surface area contributed by atoms with Crippen molar-refractivity contribution in [1.29, 1.82) is 0 Å². The number of Topliss-reactive ketones (excluding diaryl/α,β-unsaturated/α-hetero) is 1. The number of aliphatic hydroxyl groups is 1. The summed E-state index contributed by atoms with van der Waals surface area (Å²) in [5, 5.41) is 43.8. The number of aliphatic carboxylic acids is 3. The van der Waals surface area contributed by atoms with Crippen LogP contribution < -0.4 is 0 Å². The molecule has 0 bridgehead atoms. The Morgan fingerprint density at radius 3 is 1.79 bits per heavy atom. The van der Waals surface area contributed by atoms with Crippen molar-refractivity contribution in [2.75, 3.05) is 13.1 Å². The Labute approximate surface area is 190 Å². The number of carbonyl (C=O) groups excluding carboxylic acids is 2. The van der Waals surface area contributed by atoms with E-state index in [2.05, 4.69) is 0 Å². The average Bonchev–Trinajstić information content (AvgIpc) is 2.67. The minimum atomic E-state index is -2.74. The van der Waals surface area contributed by atoms with Gasteiger partial charge in [-0.05, 0) is 39.1 Å². The third-order valence-electron chi connectivity index (χ3n) is 4.52. The van der Waals surface area contributed by atoms with E-state index in [-0.39, 0.29) is 22.7 Å². The maximum Gasteiger partial charge on any atom is 0.343 e. The van der Waals surface area contributed by atoms with Crippen LogP contribution in [-0.2, 0) is 19.1 Å². The zero-order valence-electron chi connectivity index (χ0n) is 18.8. The van der Waals surface area contributed by atoms with Gasteiger partial charge in [0.15, 0.2) is 17.6 Å². The van der Waals surface area contributed by atoms with Crippen LogP contribution in [0.15, 0.2) is 18.2 Å². The van der Waals surface area contributed by atoms with Gasteiger partial charge < -0.3 is 30.3 Å². The summed E-state index contributed by atoms with van der Waals surface area (Å²) in [7, 11) is 0. The number of esters is 1. The fourth-order valence-electron chi connectivity index (χ4n) is 2.74. The van der Waals surface area contributed by atoms with Crippen LogP contribution in [0.1, 0.15) is 61.3 Å². The highest BCUT2D eigenvalue weighted by Crippen LogP contribution is 2.24. The lowest BCUT2D eigenvalue weighted by molar-refractivity contribution is -0.170. The van der Waals surface area contributed by atoms with Crippen molar-refractivity contribution in [3.05, 3.63) is 29.3 Å². The van der Waals surface area contributed by atoms with Crippen LogP contribution in [-0.4, -0.2) is 85.0 Å². The Morgan fingerprint density at radius 2 is 1.42 bits per heavy atom. The third-order valence-corrected chi connectivity index (χ3v) is 4.52. The van der Waals surface area contributed by atoms with E-state index in [1.807, 2.05) is 18.7 Å². The number of ketones is 1. The van der Waals surface area contributed by atoms with E-state index in [1.54, 1.807) is 13.0 Å². The minimum Gasteiger partial charge on any atom is -0.506 e. The van der Waals surface area contributed by atoms with Gasteiger partial charge in [0.2, 0.25) is 0 Å². The van der Waals surface area contributed by atoms with E-state index in [0.717, 1.165) is 13.1 Å². The highest BCUT2D eigenvalue weighted by molar-refractivity contribution is 6.02. The molecule has 1 atom stereocenters. The van der Waals surface area contributed by atoms with Crippen molar-refractivity contribution in [3.63, 3.8) is 0 Å². The van der Waals surface area contributed by atoms with Gasteiger partial charge in [0.1, 0.15) is 11.3 Å². The molecule has 33 heavy (non-hydrogen) atoms. The predicted molar refractivity (Wildman–Crippen MR) is 113 cm³/mol. The Hall–Kier alpha value is -3.51. The van der Waals surface area contributed by atoms with Gasteiger partial charge in [-0.2, -0.15) is 0 Å². The van der Waals surface area contributed by atoms with Crippen molar-refractivity contribution >= 4 is 29.7 Å². The Kier molecular flexibility index (Phi) is 11.7. The number of hydrogen-bond donors (Lipinski definition) is 5. The van der Waals surface area contributed by atoms with E-state index < -0.39 is 48.5 Å². The average molecular weight is 471 g/mol. The van der Waals surface area contributed by atoms with E-state index in [9.17, 15) is 29.1 Å². The summed E-state index contributed by atoms with van der Waals surface area (Å²) in [5.74, 6) is -6.27. The number of nitrogens with zero attached hydrogens (tertiary/aromatic N) is 1. The number of hydrogen-bond acceptors (Lipinski definition) is 9. The lowest BCUT2D eigenvalue weighted by atomic mass is 9.96. The largest absolute Gasteiger partial charge is 0.506 e. The third kappa shape index (κ3) is 9.25. The van der Waals surface area contributed by atoms with Crippen LogP contribution >= 0.6 is 0 Å². The van der Waals surface area contributed by atoms with E-state index >= 15 is 0 Å². The van der Waals surface area contributed by atoms with Crippen molar-refractivity contribution < 1.29 is 54.2 Å². The molecule has 0 heterocycles. The number of benzene rings is 1. The molecule has 0 aliphatic heterocycles. The van der Waals surface area contributed by atoms with Gasteiger partial charge in [-0.3, -0.25) is 19.3 Å². The van der Waals surface area contributed by atoms with Crippen molar-refractivity contribution in [2.45, 2.75) is 52.4 Å². The molecule has 1 aromatic rings. The maximum absolute atomic E-state index is 12.1. The summed E-state index contributed by atoms with van der Waals surface area (Å²) in [4.78, 5) is 55.9. The second-order valence-corrected chi connectivity index (χ2v) is 6.96. The predicted octanol–water partition coefficient (Wildman–Crippen LogP) is 1.19. The lowest BCUT2D eigenvalue weighted by Crippen LogP contribution is -2.42. The van der Waals surface area contributed by atoms with Crippen LogP contribution in [0.2, 0.25) is 0 Å². The van der Waals surface area contributed by atoms with E-state index in [0.29, 0.717) is 0 Å². The molecule has 0 aliphatic rings. The van der Waals surface area contributed by atoms with Crippen LogP contribution in [0, 0.1) is 0 Å². The molecular formula is C21H29NO11. The van der Waals surface area contributed by atoms with Crippen LogP contribution in [0.25, 0.3) is 0 Å². The van der Waals surface area contributed by atoms with Gasteiger partial charge in [0, 0.05) is 0 Å². The Morgan fingerprint density at radius 1 is 0.970 bits per heavy atom. The molecule has 0 radical (unpaired) electrons. The van der Waals surface area contributed by atoms with Gasteiger partial charge >= 0.3 is 23.9 Å². The van der Waals surface area contributed by atoms with Crippen LogP contribution in [0.4, 0.5) is 0 Å².